The van der Waals surface area contributed by atoms with Gasteiger partial charge in [-0.25, -0.2) is 0 Å². The van der Waals surface area contributed by atoms with Crippen molar-refractivity contribution in [2.45, 2.75) is 6.42 Å². The van der Waals surface area contributed by atoms with Crippen LogP contribution < -0.4 is 18.5 Å². The van der Waals surface area contributed by atoms with Crippen LogP contribution in [0.4, 0.5) is 5.69 Å². The highest BCUT2D eigenvalue weighted by Crippen LogP contribution is 2.68. The van der Waals surface area contributed by atoms with Crippen molar-refractivity contribution in [2.24, 2.45) is 0 Å². The Balaban J connectivity index is 1.56. The van der Waals surface area contributed by atoms with Gasteiger partial charge in [0.1, 0.15) is 5.56 Å². The van der Waals surface area contributed by atoms with Crippen molar-refractivity contribution in [3.63, 3.8) is 0 Å². The number of hydrogen-bond donors (Lipinski definition) is 0. The van der Waals surface area contributed by atoms with Gasteiger partial charge in [-0.3, -0.25) is 4.79 Å². The number of rotatable bonds is 4. The largest absolute Gasteiger partial charge is 0.647 e. The molecule has 1 saturated heterocycles. The molecule has 5 rings (SSSR count). The highest BCUT2D eigenvalue weighted by Gasteiger charge is 2.51. The van der Waals surface area contributed by atoms with Crippen molar-refractivity contribution < 1.29 is 27.7 Å². The molecule has 3 aliphatic heterocycles. The SMILES string of the molecule is O=C(Cc1ccccc1)c1c2cc(N3CCOCC3)c3c1OP(=O)(O2)O3. The van der Waals surface area contributed by atoms with Crippen LogP contribution >= 0.6 is 7.82 Å². The van der Waals surface area contributed by atoms with Gasteiger partial charge in [-0.2, -0.15) is 4.57 Å². The molecule has 1 atom stereocenters. The van der Waals surface area contributed by atoms with Crippen LogP contribution in [-0.4, -0.2) is 32.1 Å². The van der Waals surface area contributed by atoms with Crippen molar-refractivity contribution in [1.29, 1.82) is 0 Å². The van der Waals surface area contributed by atoms with Gasteiger partial charge in [0.05, 0.1) is 18.9 Å². The number of morpholine rings is 1. The number of ether oxygens (including phenoxy) is 1. The third-order valence-corrected chi connectivity index (χ3v) is 5.87. The molecule has 26 heavy (non-hydrogen) atoms. The lowest BCUT2D eigenvalue weighted by atomic mass is 10.00. The van der Waals surface area contributed by atoms with Crippen LogP contribution in [0.3, 0.4) is 0 Å². The summed E-state index contributed by atoms with van der Waals surface area (Å²) < 4.78 is 34.3. The van der Waals surface area contributed by atoms with Crippen molar-refractivity contribution in [3.8, 4) is 17.2 Å². The third-order valence-electron chi connectivity index (χ3n) is 4.63. The molecule has 8 heteroatoms. The fourth-order valence-electron chi connectivity index (χ4n) is 3.42. The molecule has 7 nitrogen and oxygen atoms in total. The predicted octanol–water partition coefficient (Wildman–Crippen LogP) is 3.22. The van der Waals surface area contributed by atoms with Crippen molar-refractivity contribution in [1.82, 2.24) is 0 Å². The van der Waals surface area contributed by atoms with Crippen molar-refractivity contribution in [2.75, 3.05) is 31.2 Å². The molecule has 2 aromatic rings. The maximum absolute atomic E-state index is 12.9. The Morgan fingerprint density at radius 2 is 1.77 bits per heavy atom. The monoisotopic (exact) mass is 373 g/mol. The molecule has 0 aromatic heterocycles. The molecule has 0 spiro atoms. The molecule has 0 radical (unpaired) electrons. The van der Waals surface area contributed by atoms with Gasteiger partial charge in [0.15, 0.2) is 17.3 Å². The Hall–Kier alpha value is -2.50. The molecular formula is C18H16NO6P. The summed E-state index contributed by atoms with van der Waals surface area (Å²) in [5.41, 5.74) is 1.91. The first kappa shape index (κ1) is 15.7. The van der Waals surface area contributed by atoms with Crippen molar-refractivity contribution >= 4 is 19.3 Å². The van der Waals surface area contributed by atoms with Gasteiger partial charge in [0, 0.05) is 25.6 Å². The fourth-order valence-corrected chi connectivity index (χ4v) is 4.72. The normalized spacial score (nSPS) is 22.5. The van der Waals surface area contributed by atoms with Crippen LogP contribution in [0.5, 0.6) is 17.2 Å². The van der Waals surface area contributed by atoms with E-state index in [9.17, 15) is 9.36 Å². The molecule has 0 saturated carbocycles. The maximum Gasteiger partial charge on any atom is 0.647 e. The first-order chi connectivity index (χ1) is 12.6. The minimum atomic E-state index is -3.71. The zero-order chi connectivity index (χ0) is 17.7. The lowest BCUT2D eigenvalue weighted by Crippen LogP contribution is -2.36. The van der Waals surface area contributed by atoms with Gasteiger partial charge in [-0.15, -0.1) is 0 Å². The van der Waals surface area contributed by atoms with Crippen molar-refractivity contribution in [3.05, 3.63) is 47.5 Å². The van der Waals surface area contributed by atoms with E-state index < -0.39 is 7.82 Å². The van der Waals surface area contributed by atoms with E-state index >= 15 is 0 Å². The van der Waals surface area contributed by atoms with Gasteiger partial charge >= 0.3 is 7.82 Å². The van der Waals surface area contributed by atoms with Gasteiger partial charge in [0.2, 0.25) is 5.75 Å². The van der Waals surface area contributed by atoms with E-state index in [1.165, 1.54) is 0 Å². The van der Waals surface area contributed by atoms with E-state index in [0.29, 0.717) is 37.6 Å². The Kier molecular flexibility index (Phi) is 3.48. The second-order valence-electron chi connectivity index (χ2n) is 6.33. The minimum absolute atomic E-state index is 0.160. The summed E-state index contributed by atoms with van der Waals surface area (Å²) in [5, 5.41) is 0. The van der Waals surface area contributed by atoms with Crippen LogP contribution in [-0.2, 0) is 15.7 Å². The summed E-state index contributed by atoms with van der Waals surface area (Å²) in [6.07, 6.45) is 0.203. The molecular weight excluding hydrogens is 357 g/mol. The molecule has 3 heterocycles. The second kappa shape index (κ2) is 5.76. The summed E-state index contributed by atoms with van der Waals surface area (Å²) >= 11 is 0. The molecule has 0 amide bonds. The molecule has 1 fully saturated rings. The number of nitrogens with zero attached hydrogens (tertiary/aromatic N) is 1. The Labute approximate surface area is 150 Å². The Morgan fingerprint density at radius 3 is 2.54 bits per heavy atom. The van der Waals surface area contributed by atoms with E-state index in [0.717, 1.165) is 11.3 Å². The number of Topliss-reactive ketones (excluding diaryl/α,β-unsaturated/α-hetero) is 1. The van der Waals surface area contributed by atoms with Gasteiger partial charge < -0.3 is 23.2 Å². The highest BCUT2D eigenvalue weighted by molar-refractivity contribution is 7.50. The average molecular weight is 373 g/mol. The summed E-state index contributed by atoms with van der Waals surface area (Å²) in [6, 6.07) is 11.2. The van der Waals surface area contributed by atoms with Gasteiger partial charge in [-0.1, -0.05) is 30.3 Å². The first-order valence-electron chi connectivity index (χ1n) is 8.43. The summed E-state index contributed by atoms with van der Waals surface area (Å²) in [7, 11) is -3.71. The predicted molar refractivity (Wildman–Crippen MR) is 93.4 cm³/mol. The second-order valence-corrected chi connectivity index (χ2v) is 7.78. The zero-order valence-corrected chi connectivity index (χ0v) is 14.7. The Bertz CT molecular complexity index is 932. The standard InChI is InChI=1S/C18H16NO6P/c20-14(10-12-4-2-1-3-5-12)16-15-11-13(19-6-8-22-9-7-19)17-18(16)25-26(21,23-15)24-17/h1-5,11H,6-10H2. The lowest BCUT2D eigenvalue weighted by Gasteiger charge is -2.29. The van der Waals surface area contributed by atoms with E-state index in [-0.39, 0.29) is 23.7 Å². The van der Waals surface area contributed by atoms with E-state index in [1.807, 2.05) is 30.3 Å². The van der Waals surface area contributed by atoms with Crippen LogP contribution in [0.2, 0.25) is 0 Å². The van der Waals surface area contributed by atoms with Gasteiger partial charge in [-0.05, 0) is 5.56 Å². The molecule has 0 N–H and O–H groups in total. The number of benzene rings is 2. The number of phosphoric ester groups is 1. The number of carbonyl (C=O) groups excluding carboxylic acids is 1. The van der Waals surface area contributed by atoms with E-state index in [4.69, 9.17) is 18.3 Å². The molecule has 134 valence electrons. The van der Waals surface area contributed by atoms with Crippen LogP contribution in [0, 0.1) is 0 Å². The average Bonchev–Trinajstić information content (AvgIpc) is 2.84. The van der Waals surface area contributed by atoms with E-state index in [1.54, 1.807) is 6.07 Å². The van der Waals surface area contributed by atoms with Gasteiger partial charge in [0.25, 0.3) is 0 Å². The maximum atomic E-state index is 12.9. The smallest absolute Gasteiger partial charge is 0.385 e. The molecule has 0 aliphatic carbocycles. The highest BCUT2D eigenvalue weighted by atomic mass is 31.2. The third kappa shape index (κ3) is 2.47. The van der Waals surface area contributed by atoms with Crippen LogP contribution in [0.15, 0.2) is 36.4 Å². The fraction of sp³-hybridized carbons (Fsp3) is 0.278. The Morgan fingerprint density at radius 1 is 1.04 bits per heavy atom. The summed E-state index contributed by atoms with van der Waals surface area (Å²) in [6.45, 7) is 2.55. The zero-order valence-electron chi connectivity index (χ0n) is 13.8. The molecule has 1 unspecified atom stereocenters. The number of fused-ring (bicyclic) bond motifs is 2. The number of phosphoric acid groups is 1. The quantitative estimate of drug-likeness (QED) is 0.602. The molecule has 3 bridgehead atoms. The number of ketones is 1. The lowest BCUT2D eigenvalue weighted by molar-refractivity contribution is 0.0988. The van der Waals surface area contributed by atoms with E-state index in [2.05, 4.69) is 4.90 Å². The minimum Gasteiger partial charge on any atom is -0.385 e. The number of anilines is 1. The summed E-state index contributed by atoms with van der Waals surface area (Å²) in [4.78, 5) is 14.9. The summed E-state index contributed by atoms with van der Waals surface area (Å²) in [5.74, 6) is 0.665. The van der Waals surface area contributed by atoms with Crippen LogP contribution in [0.1, 0.15) is 15.9 Å². The molecule has 2 aromatic carbocycles. The van der Waals surface area contributed by atoms with Crippen LogP contribution in [0.25, 0.3) is 0 Å². The first-order valence-corrected chi connectivity index (χ1v) is 9.89. The number of hydrogen-bond acceptors (Lipinski definition) is 7. The topological polar surface area (TPSA) is 74.3 Å². The number of carbonyl (C=O) groups is 1. The molecule has 3 aliphatic rings.